The Hall–Kier alpha value is -2.79. The number of rotatable bonds is 7. The molecular weight excluding hydrogens is 490 g/mol. The predicted octanol–water partition coefficient (Wildman–Crippen LogP) is 2.27. The highest BCUT2D eigenvalue weighted by molar-refractivity contribution is 9.10. The number of esters is 1. The Balaban J connectivity index is 0.000000331. The molecule has 1 saturated heterocycles. The summed E-state index contributed by atoms with van der Waals surface area (Å²) in [6.45, 7) is 6.60. The van der Waals surface area contributed by atoms with E-state index in [1.54, 1.807) is 25.7 Å². The summed E-state index contributed by atoms with van der Waals surface area (Å²) in [6.07, 6.45) is 7.62. The standard InChI is InChI=1S/C17H22BrN6O.C5H11NO2/c1-25-23-9-5-6-13(12-23)11-19-14-10-15(22-7-3-2-4-8-22)20-17-16(18)21-24(14)17;1-3-8-5(7)4(2)6/h5-6,9-10,12,19,21H,2-4,7-8,11H2,1H3;4H,3,6H2,1-2H3/q+1;. The van der Waals surface area contributed by atoms with Gasteiger partial charge in [-0.3, -0.25) is 14.7 Å². The van der Waals surface area contributed by atoms with Crippen molar-refractivity contribution in [3.8, 4) is 0 Å². The molecule has 4 N–H and O–H groups in total. The third-order valence-electron chi connectivity index (χ3n) is 5.20. The van der Waals surface area contributed by atoms with Crippen LogP contribution >= 0.6 is 15.9 Å². The lowest BCUT2D eigenvalue weighted by molar-refractivity contribution is -0.885. The third-order valence-corrected chi connectivity index (χ3v) is 5.74. The van der Waals surface area contributed by atoms with E-state index in [1.165, 1.54) is 19.3 Å². The molecule has 4 heterocycles. The molecule has 11 heteroatoms. The van der Waals surface area contributed by atoms with Crippen molar-refractivity contribution in [3.63, 3.8) is 0 Å². The zero-order valence-corrected chi connectivity index (χ0v) is 21.0. The van der Waals surface area contributed by atoms with Crippen LogP contribution in [0, 0.1) is 0 Å². The molecule has 0 aromatic carbocycles. The van der Waals surface area contributed by atoms with Gasteiger partial charge in [0.2, 0.25) is 12.4 Å². The van der Waals surface area contributed by atoms with E-state index in [4.69, 9.17) is 15.6 Å². The Morgan fingerprint density at radius 3 is 2.76 bits per heavy atom. The molecule has 3 aromatic heterocycles. The van der Waals surface area contributed by atoms with Crippen LogP contribution in [-0.2, 0) is 16.1 Å². The fraction of sp³-hybridized carbons (Fsp3) is 0.500. The summed E-state index contributed by atoms with van der Waals surface area (Å²) in [5, 5.41) is 6.72. The van der Waals surface area contributed by atoms with E-state index in [1.807, 2.05) is 23.0 Å². The van der Waals surface area contributed by atoms with Crippen LogP contribution in [-0.4, -0.2) is 53.4 Å². The summed E-state index contributed by atoms with van der Waals surface area (Å²) in [5.74, 6) is 1.70. The number of piperidine rings is 1. The average Bonchev–Trinajstić information content (AvgIpc) is 2.83. The first-order valence-electron chi connectivity index (χ1n) is 11.2. The molecule has 0 radical (unpaired) electrons. The minimum Gasteiger partial charge on any atom is -0.465 e. The summed E-state index contributed by atoms with van der Waals surface area (Å²) < 4.78 is 9.12. The number of hydrogen-bond acceptors (Lipinski definition) is 7. The normalized spacial score (nSPS) is 14.4. The molecule has 0 amide bonds. The van der Waals surface area contributed by atoms with Gasteiger partial charge in [0, 0.05) is 42.1 Å². The number of anilines is 2. The molecule has 0 aliphatic carbocycles. The maximum absolute atomic E-state index is 10.4. The largest absolute Gasteiger partial charge is 0.465 e. The molecule has 180 valence electrons. The fourth-order valence-electron chi connectivity index (χ4n) is 3.45. The topological polar surface area (TPSA) is 114 Å². The van der Waals surface area contributed by atoms with Gasteiger partial charge in [-0.2, -0.15) is 0 Å². The van der Waals surface area contributed by atoms with Gasteiger partial charge in [-0.25, -0.2) is 9.50 Å². The highest BCUT2D eigenvalue weighted by Gasteiger charge is 2.18. The highest BCUT2D eigenvalue weighted by atomic mass is 79.9. The molecule has 1 unspecified atom stereocenters. The van der Waals surface area contributed by atoms with Crippen LogP contribution in [0.3, 0.4) is 0 Å². The van der Waals surface area contributed by atoms with Gasteiger partial charge in [-0.15, -0.1) is 0 Å². The molecule has 3 aromatic rings. The van der Waals surface area contributed by atoms with E-state index in [2.05, 4.69) is 48.1 Å². The van der Waals surface area contributed by atoms with E-state index < -0.39 is 6.04 Å². The molecular formula is C22H33BrN7O3+. The lowest BCUT2D eigenvalue weighted by Gasteiger charge is -2.29. The molecule has 0 saturated carbocycles. The van der Waals surface area contributed by atoms with Crippen LogP contribution in [0.4, 0.5) is 11.6 Å². The predicted molar refractivity (Wildman–Crippen MR) is 130 cm³/mol. The number of hydrogen-bond donors (Lipinski definition) is 3. The number of aromatic amines is 1. The first kappa shape index (κ1) is 24.8. The Bertz CT molecular complexity index is 1040. The second-order valence-electron chi connectivity index (χ2n) is 7.78. The quantitative estimate of drug-likeness (QED) is 0.322. The van der Waals surface area contributed by atoms with Gasteiger partial charge in [0.05, 0.1) is 6.61 Å². The van der Waals surface area contributed by atoms with E-state index in [0.717, 1.165) is 40.5 Å². The number of fused-ring (bicyclic) bond motifs is 1. The Labute approximate surface area is 202 Å². The monoisotopic (exact) mass is 522 g/mol. The first-order valence-corrected chi connectivity index (χ1v) is 11.9. The summed E-state index contributed by atoms with van der Waals surface area (Å²) in [7, 11) is 1.65. The number of nitrogens with zero attached hydrogens (tertiary/aromatic N) is 4. The number of nitrogens with one attached hydrogen (secondary N) is 2. The van der Waals surface area contributed by atoms with Crippen LogP contribution in [0.15, 0.2) is 35.2 Å². The number of aromatic nitrogens is 4. The molecule has 4 rings (SSSR count). The number of H-pyrrole nitrogens is 1. The van der Waals surface area contributed by atoms with Gasteiger partial charge in [0.25, 0.3) is 0 Å². The molecule has 1 aliphatic rings. The number of ether oxygens (including phenoxy) is 1. The van der Waals surface area contributed by atoms with Crippen LogP contribution < -0.4 is 25.5 Å². The number of pyridine rings is 1. The highest BCUT2D eigenvalue weighted by Crippen LogP contribution is 2.27. The van der Waals surface area contributed by atoms with Crippen molar-refractivity contribution in [2.75, 3.05) is 37.0 Å². The number of halogens is 1. The molecule has 1 aliphatic heterocycles. The van der Waals surface area contributed by atoms with Crippen molar-refractivity contribution in [1.82, 2.24) is 14.6 Å². The van der Waals surface area contributed by atoms with Gasteiger partial charge in [0.1, 0.15) is 29.4 Å². The maximum atomic E-state index is 10.4. The molecule has 33 heavy (non-hydrogen) atoms. The molecule has 1 atom stereocenters. The molecule has 10 nitrogen and oxygen atoms in total. The smallest absolute Gasteiger partial charge is 0.322 e. The van der Waals surface area contributed by atoms with Crippen molar-refractivity contribution in [3.05, 3.63) is 40.8 Å². The van der Waals surface area contributed by atoms with Crippen molar-refractivity contribution in [2.24, 2.45) is 5.73 Å². The molecule has 1 fully saturated rings. The fourth-order valence-corrected chi connectivity index (χ4v) is 3.89. The van der Waals surface area contributed by atoms with Gasteiger partial charge in [-0.1, -0.05) is 0 Å². The Morgan fingerprint density at radius 2 is 2.15 bits per heavy atom. The van der Waals surface area contributed by atoms with Crippen molar-refractivity contribution in [1.29, 1.82) is 0 Å². The third kappa shape index (κ3) is 6.61. The van der Waals surface area contributed by atoms with E-state index in [9.17, 15) is 4.79 Å². The maximum Gasteiger partial charge on any atom is 0.322 e. The van der Waals surface area contributed by atoms with Gasteiger partial charge < -0.3 is 20.7 Å². The first-order chi connectivity index (χ1) is 15.9. The van der Waals surface area contributed by atoms with Crippen molar-refractivity contribution >= 4 is 39.2 Å². The average molecular weight is 523 g/mol. The Kier molecular flexibility index (Phi) is 8.95. The Morgan fingerprint density at radius 1 is 1.39 bits per heavy atom. The second kappa shape index (κ2) is 11.9. The van der Waals surface area contributed by atoms with Crippen LogP contribution in [0.5, 0.6) is 0 Å². The van der Waals surface area contributed by atoms with E-state index in [0.29, 0.717) is 13.2 Å². The second-order valence-corrected chi connectivity index (χ2v) is 8.57. The zero-order valence-electron chi connectivity index (χ0n) is 19.4. The number of nitrogens with two attached hydrogens (primary N) is 1. The minimum absolute atomic E-state index is 0.340. The van der Waals surface area contributed by atoms with E-state index in [-0.39, 0.29) is 5.97 Å². The van der Waals surface area contributed by atoms with Crippen LogP contribution in [0.25, 0.3) is 5.65 Å². The SMILES string of the molecule is CCOC(=O)C(C)N.CO[n+]1cccc(CNc2cc(N3CCCCC3)nc3c(Br)[nH]n23)c1. The number of carbonyl (C=O) groups is 1. The van der Waals surface area contributed by atoms with Gasteiger partial charge in [-0.05, 0) is 55.1 Å². The van der Waals surface area contributed by atoms with E-state index >= 15 is 0 Å². The van der Waals surface area contributed by atoms with Crippen LogP contribution in [0.2, 0.25) is 0 Å². The summed E-state index contributed by atoms with van der Waals surface area (Å²) in [6, 6.07) is 5.67. The summed E-state index contributed by atoms with van der Waals surface area (Å²) in [5.41, 5.74) is 7.21. The minimum atomic E-state index is -0.491. The number of carbonyl (C=O) groups excluding carboxylic acids is 1. The lowest BCUT2D eigenvalue weighted by atomic mass is 10.1. The molecule has 0 spiro atoms. The van der Waals surface area contributed by atoms with Crippen LogP contribution in [0.1, 0.15) is 38.7 Å². The zero-order chi connectivity index (χ0) is 23.8. The van der Waals surface area contributed by atoms with Crippen molar-refractivity contribution in [2.45, 2.75) is 45.7 Å². The van der Waals surface area contributed by atoms with Gasteiger partial charge in [0.15, 0.2) is 5.65 Å². The van der Waals surface area contributed by atoms with Crippen molar-refractivity contribution < 1.29 is 19.1 Å². The van der Waals surface area contributed by atoms with Gasteiger partial charge >= 0.3 is 5.97 Å². The summed E-state index contributed by atoms with van der Waals surface area (Å²) in [4.78, 5) is 22.8. The molecule has 0 bridgehead atoms. The lowest BCUT2D eigenvalue weighted by Crippen LogP contribution is -2.40. The summed E-state index contributed by atoms with van der Waals surface area (Å²) >= 11 is 3.52.